The second-order valence-corrected chi connectivity index (χ2v) is 3.83. The Hall–Kier alpha value is -1.54. The minimum absolute atomic E-state index is 0.653. The number of nitrogens with zero attached hydrogens (tertiary/aromatic N) is 1. The Balaban J connectivity index is 2.49. The molecular formula is C12H11ClN2. The maximum absolute atomic E-state index is 6.10. The minimum Gasteiger partial charge on any atom is -0.399 e. The molecule has 0 bridgehead atoms. The number of anilines is 1. The van der Waals surface area contributed by atoms with Crippen LogP contribution in [0.1, 0.15) is 5.69 Å². The predicted octanol–water partition coefficient (Wildman–Crippen LogP) is 3.29. The number of hydrogen-bond acceptors (Lipinski definition) is 2. The van der Waals surface area contributed by atoms with Gasteiger partial charge < -0.3 is 5.73 Å². The van der Waals surface area contributed by atoms with Gasteiger partial charge in [0.15, 0.2) is 0 Å². The molecule has 1 aromatic carbocycles. The van der Waals surface area contributed by atoms with Gasteiger partial charge in [-0.2, -0.15) is 0 Å². The largest absolute Gasteiger partial charge is 0.399 e. The summed E-state index contributed by atoms with van der Waals surface area (Å²) in [7, 11) is 0. The molecule has 1 heterocycles. The van der Waals surface area contributed by atoms with Crippen LogP contribution in [0, 0.1) is 6.92 Å². The van der Waals surface area contributed by atoms with Crippen molar-refractivity contribution in [1.29, 1.82) is 0 Å². The van der Waals surface area contributed by atoms with Crippen LogP contribution in [0.2, 0.25) is 5.02 Å². The van der Waals surface area contributed by atoms with Crippen LogP contribution in [0.4, 0.5) is 5.69 Å². The number of pyridine rings is 1. The number of benzene rings is 1. The standard InChI is InChI=1S/C12H11ClN2/c1-8-2-3-9(7-15-8)11-5-4-10(14)6-12(11)13/h2-7H,14H2,1H3. The Morgan fingerprint density at radius 3 is 2.60 bits per heavy atom. The van der Waals surface area contributed by atoms with E-state index >= 15 is 0 Å². The Bertz CT molecular complexity index is 477. The molecule has 1 aromatic heterocycles. The highest BCUT2D eigenvalue weighted by Gasteiger charge is 2.03. The Morgan fingerprint density at radius 2 is 2.00 bits per heavy atom. The van der Waals surface area contributed by atoms with Crippen molar-refractivity contribution in [2.24, 2.45) is 0 Å². The molecule has 0 fully saturated rings. The summed E-state index contributed by atoms with van der Waals surface area (Å²) < 4.78 is 0. The number of aromatic nitrogens is 1. The predicted molar refractivity (Wildman–Crippen MR) is 63.8 cm³/mol. The summed E-state index contributed by atoms with van der Waals surface area (Å²) in [4.78, 5) is 4.23. The van der Waals surface area contributed by atoms with Gasteiger partial charge in [0.25, 0.3) is 0 Å². The van der Waals surface area contributed by atoms with Gasteiger partial charge in [-0.05, 0) is 25.1 Å². The highest BCUT2D eigenvalue weighted by atomic mass is 35.5. The summed E-state index contributed by atoms with van der Waals surface area (Å²) in [6.07, 6.45) is 1.81. The van der Waals surface area contributed by atoms with Crippen LogP contribution in [-0.4, -0.2) is 4.98 Å². The molecule has 0 aliphatic carbocycles. The van der Waals surface area contributed by atoms with Crippen LogP contribution >= 0.6 is 11.6 Å². The van der Waals surface area contributed by atoms with E-state index in [1.165, 1.54) is 0 Å². The van der Waals surface area contributed by atoms with E-state index in [9.17, 15) is 0 Å². The van der Waals surface area contributed by atoms with Crippen molar-refractivity contribution in [1.82, 2.24) is 4.98 Å². The van der Waals surface area contributed by atoms with Crippen LogP contribution in [0.3, 0.4) is 0 Å². The van der Waals surface area contributed by atoms with Crippen LogP contribution < -0.4 is 5.73 Å². The number of hydrogen-bond donors (Lipinski definition) is 1. The molecular weight excluding hydrogens is 208 g/mol. The lowest BCUT2D eigenvalue weighted by atomic mass is 10.1. The maximum atomic E-state index is 6.10. The van der Waals surface area contributed by atoms with Crippen molar-refractivity contribution in [3.05, 3.63) is 47.2 Å². The first-order chi connectivity index (χ1) is 7.16. The van der Waals surface area contributed by atoms with E-state index in [4.69, 9.17) is 17.3 Å². The average Bonchev–Trinajstić information content (AvgIpc) is 2.20. The van der Waals surface area contributed by atoms with Crippen LogP contribution in [-0.2, 0) is 0 Å². The van der Waals surface area contributed by atoms with E-state index in [1.54, 1.807) is 6.07 Å². The lowest BCUT2D eigenvalue weighted by Gasteiger charge is -2.05. The van der Waals surface area contributed by atoms with E-state index in [2.05, 4.69) is 4.98 Å². The first-order valence-electron chi connectivity index (χ1n) is 4.65. The smallest absolute Gasteiger partial charge is 0.0505 e. The average molecular weight is 219 g/mol. The second kappa shape index (κ2) is 3.91. The van der Waals surface area contributed by atoms with E-state index in [0.29, 0.717) is 10.7 Å². The van der Waals surface area contributed by atoms with Gasteiger partial charge in [-0.3, -0.25) is 4.98 Å². The molecule has 2 nitrogen and oxygen atoms in total. The van der Waals surface area contributed by atoms with Gasteiger partial charge in [-0.15, -0.1) is 0 Å². The normalized spacial score (nSPS) is 10.3. The van der Waals surface area contributed by atoms with Crippen molar-refractivity contribution >= 4 is 17.3 Å². The van der Waals surface area contributed by atoms with Gasteiger partial charge in [0.05, 0.1) is 5.02 Å². The summed E-state index contributed by atoms with van der Waals surface area (Å²) in [5.74, 6) is 0. The number of nitrogens with two attached hydrogens (primary N) is 1. The lowest BCUT2D eigenvalue weighted by Crippen LogP contribution is -1.87. The molecule has 0 saturated carbocycles. The SMILES string of the molecule is Cc1ccc(-c2ccc(N)cc2Cl)cn1. The third-order valence-corrected chi connectivity index (χ3v) is 2.53. The van der Waals surface area contributed by atoms with Crippen LogP contribution in [0.5, 0.6) is 0 Å². The van der Waals surface area contributed by atoms with Crippen molar-refractivity contribution in [3.63, 3.8) is 0 Å². The summed E-state index contributed by atoms with van der Waals surface area (Å²) in [6.45, 7) is 1.95. The zero-order valence-electron chi connectivity index (χ0n) is 8.37. The molecule has 0 saturated heterocycles. The Kier molecular flexibility index (Phi) is 2.60. The quantitative estimate of drug-likeness (QED) is 0.746. The van der Waals surface area contributed by atoms with Gasteiger partial charge in [-0.25, -0.2) is 0 Å². The Labute approximate surface area is 93.7 Å². The molecule has 0 aliphatic heterocycles. The summed E-state index contributed by atoms with van der Waals surface area (Å²) in [6, 6.07) is 9.45. The highest BCUT2D eigenvalue weighted by molar-refractivity contribution is 6.33. The molecule has 0 radical (unpaired) electrons. The Morgan fingerprint density at radius 1 is 1.20 bits per heavy atom. The van der Waals surface area contributed by atoms with Gasteiger partial charge in [0.2, 0.25) is 0 Å². The fraction of sp³-hybridized carbons (Fsp3) is 0.0833. The molecule has 2 aromatic rings. The number of rotatable bonds is 1. The highest BCUT2D eigenvalue weighted by Crippen LogP contribution is 2.28. The lowest BCUT2D eigenvalue weighted by molar-refractivity contribution is 1.20. The molecule has 2 N–H and O–H groups in total. The molecule has 0 amide bonds. The van der Waals surface area contributed by atoms with Gasteiger partial charge in [-0.1, -0.05) is 23.7 Å². The molecule has 3 heteroatoms. The number of aryl methyl sites for hydroxylation is 1. The topological polar surface area (TPSA) is 38.9 Å². The van der Waals surface area contributed by atoms with Crippen molar-refractivity contribution < 1.29 is 0 Å². The molecule has 2 rings (SSSR count). The summed E-state index contributed by atoms with van der Waals surface area (Å²) >= 11 is 6.10. The first kappa shape index (κ1) is 9.99. The molecule has 0 spiro atoms. The fourth-order valence-corrected chi connectivity index (χ4v) is 1.69. The van der Waals surface area contributed by atoms with Gasteiger partial charge in [0.1, 0.15) is 0 Å². The summed E-state index contributed by atoms with van der Waals surface area (Å²) in [5.41, 5.74) is 9.25. The molecule has 0 aliphatic rings. The monoisotopic (exact) mass is 218 g/mol. The third-order valence-electron chi connectivity index (χ3n) is 2.22. The first-order valence-corrected chi connectivity index (χ1v) is 5.02. The molecule has 0 atom stereocenters. The number of halogens is 1. The van der Waals surface area contributed by atoms with E-state index in [-0.39, 0.29) is 0 Å². The van der Waals surface area contributed by atoms with Crippen LogP contribution in [0.25, 0.3) is 11.1 Å². The molecule has 0 unspecified atom stereocenters. The van der Waals surface area contributed by atoms with Gasteiger partial charge in [0, 0.05) is 28.7 Å². The van der Waals surface area contributed by atoms with Crippen molar-refractivity contribution in [2.45, 2.75) is 6.92 Å². The second-order valence-electron chi connectivity index (χ2n) is 3.43. The summed E-state index contributed by atoms with van der Waals surface area (Å²) in [5, 5.41) is 0.653. The van der Waals surface area contributed by atoms with Crippen LogP contribution in [0.15, 0.2) is 36.5 Å². The van der Waals surface area contributed by atoms with E-state index in [0.717, 1.165) is 16.8 Å². The maximum Gasteiger partial charge on any atom is 0.0505 e. The third kappa shape index (κ3) is 2.10. The molecule has 15 heavy (non-hydrogen) atoms. The number of nitrogen functional groups attached to an aromatic ring is 1. The zero-order valence-corrected chi connectivity index (χ0v) is 9.12. The van der Waals surface area contributed by atoms with E-state index < -0.39 is 0 Å². The zero-order chi connectivity index (χ0) is 10.8. The van der Waals surface area contributed by atoms with Crippen molar-refractivity contribution in [3.8, 4) is 11.1 Å². The molecule has 76 valence electrons. The van der Waals surface area contributed by atoms with Gasteiger partial charge >= 0.3 is 0 Å². The fourth-order valence-electron chi connectivity index (χ4n) is 1.39. The van der Waals surface area contributed by atoms with E-state index in [1.807, 2.05) is 37.4 Å². The minimum atomic E-state index is 0.653. The van der Waals surface area contributed by atoms with Crippen molar-refractivity contribution in [2.75, 3.05) is 5.73 Å².